The Kier molecular flexibility index (Phi) is 4.87. The van der Waals surface area contributed by atoms with Crippen LogP contribution in [0.1, 0.15) is 36.1 Å². The number of aromatic nitrogens is 1. The SMILES string of the molecule is Cc1cccc(CN2CCCC3(CCN(c4ccnc(CO)c4)C3)C2=O)c1. The molecule has 1 aromatic carbocycles. The van der Waals surface area contributed by atoms with Gasteiger partial charge in [0, 0.05) is 38.1 Å². The van der Waals surface area contributed by atoms with Gasteiger partial charge in [0.2, 0.25) is 5.91 Å². The van der Waals surface area contributed by atoms with Crippen LogP contribution >= 0.6 is 0 Å². The van der Waals surface area contributed by atoms with Gasteiger partial charge in [-0.2, -0.15) is 0 Å². The second-order valence-electron chi connectivity index (χ2n) is 7.93. The first-order chi connectivity index (χ1) is 13.1. The molecule has 0 aliphatic carbocycles. The van der Waals surface area contributed by atoms with Crippen LogP contribution in [-0.2, 0) is 17.9 Å². The molecule has 2 aromatic rings. The second-order valence-corrected chi connectivity index (χ2v) is 7.93. The number of nitrogens with zero attached hydrogens (tertiary/aromatic N) is 3. The normalized spacial score (nSPS) is 22.7. The molecule has 0 radical (unpaired) electrons. The van der Waals surface area contributed by atoms with Crippen molar-refractivity contribution >= 4 is 11.6 Å². The van der Waals surface area contributed by atoms with Gasteiger partial charge in [-0.3, -0.25) is 9.78 Å². The van der Waals surface area contributed by atoms with E-state index in [1.165, 1.54) is 11.1 Å². The van der Waals surface area contributed by atoms with Crippen molar-refractivity contribution in [1.29, 1.82) is 0 Å². The summed E-state index contributed by atoms with van der Waals surface area (Å²) in [5.74, 6) is 0.300. The summed E-state index contributed by atoms with van der Waals surface area (Å²) in [4.78, 5) is 21.9. The standard InChI is InChI=1S/C22H27N3O2/c1-17-4-2-5-18(12-17)14-24-10-3-7-22(21(24)27)8-11-25(16-22)20-6-9-23-19(13-20)15-26/h2,4-6,9,12-13,26H,3,7-8,10-11,14-16H2,1H3. The Bertz CT molecular complexity index is 838. The Balaban J connectivity index is 1.50. The molecule has 27 heavy (non-hydrogen) atoms. The molecule has 0 bridgehead atoms. The van der Waals surface area contributed by atoms with E-state index in [0.29, 0.717) is 18.1 Å². The third kappa shape index (κ3) is 3.56. The van der Waals surface area contributed by atoms with Crippen LogP contribution in [0, 0.1) is 12.3 Å². The van der Waals surface area contributed by atoms with Crippen molar-refractivity contribution in [3.63, 3.8) is 0 Å². The lowest BCUT2D eigenvalue weighted by molar-refractivity contribution is -0.145. The molecular formula is C22H27N3O2. The van der Waals surface area contributed by atoms with Crippen molar-refractivity contribution in [3.8, 4) is 0 Å². The second kappa shape index (κ2) is 7.31. The molecule has 1 aromatic heterocycles. The van der Waals surface area contributed by atoms with Gasteiger partial charge in [-0.05, 0) is 43.9 Å². The Morgan fingerprint density at radius 1 is 1.19 bits per heavy atom. The molecule has 1 amide bonds. The number of likely N-dealkylation sites (tertiary alicyclic amines) is 1. The van der Waals surface area contributed by atoms with Crippen LogP contribution in [0.25, 0.3) is 0 Å². The van der Waals surface area contributed by atoms with Crippen LogP contribution in [-0.4, -0.2) is 40.5 Å². The van der Waals surface area contributed by atoms with Gasteiger partial charge in [-0.1, -0.05) is 29.8 Å². The van der Waals surface area contributed by atoms with Crippen molar-refractivity contribution in [2.45, 2.75) is 39.3 Å². The smallest absolute Gasteiger partial charge is 0.230 e. The predicted octanol–water partition coefficient (Wildman–Crippen LogP) is 2.90. The summed E-state index contributed by atoms with van der Waals surface area (Å²) in [5.41, 5.74) is 3.89. The van der Waals surface area contributed by atoms with Gasteiger partial charge in [0.15, 0.2) is 0 Å². The van der Waals surface area contributed by atoms with E-state index in [1.54, 1.807) is 6.20 Å². The van der Waals surface area contributed by atoms with Crippen molar-refractivity contribution in [2.75, 3.05) is 24.5 Å². The monoisotopic (exact) mass is 365 g/mol. The first-order valence-corrected chi connectivity index (χ1v) is 9.75. The zero-order valence-electron chi connectivity index (χ0n) is 15.9. The summed E-state index contributed by atoms with van der Waals surface area (Å²) in [5, 5.41) is 9.34. The molecule has 142 valence electrons. The highest BCUT2D eigenvalue weighted by Gasteiger charge is 2.48. The minimum Gasteiger partial charge on any atom is -0.390 e. The molecule has 1 atom stereocenters. The molecule has 3 heterocycles. The number of piperidine rings is 1. The summed E-state index contributed by atoms with van der Waals surface area (Å²) in [7, 11) is 0. The lowest BCUT2D eigenvalue weighted by atomic mass is 9.78. The van der Waals surface area contributed by atoms with Crippen molar-refractivity contribution < 1.29 is 9.90 Å². The summed E-state index contributed by atoms with van der Waals surface area (Å²) in [6.07, 6.45) is 4.65. The average molecular weight is 365 g/mol. The summed E-state index contributed by atoms with van der Waals surface area (Å²) in [6, 6.07) is 12.3. The van der Waals surface area contributed by atoms with Gasteiger partial charge in [-0.15, -0.1) is 0 Å². The molecule has 4 rings (SSSR count). The van der Waals surface area contributed by atoms with E-state index in [4.69, 9.17) is 0 Å². The quantitative estimate of drug-likeness (QED) is 0.905. The Morgan fingerprint density at radius 2 is 2.07 bits per heavy atom. The number of rotatable bonds is 4. The van der Waals surface area contributed by atoms with E-state index >= 15 is 0 Å². The first kappa shape index (κ1) is 18.0. The Labute approximate surface area is 160 Å². The third-order valence-electron chi connectivity index (χ3n) is 5.96. The zero-order valence-corrected chi connectivity index (χ0v) is 15.9. The number of aryl methyl sites for hydroxylation is 1. The fraction of sp³-hybridized carbons (Fsp3) is 0.455. The molecule has 5 nitrogen and oxygen atoms in total. The third-order valence-corrected chi connectivity index (χ3v) is 5.96. The molecule has 1 unspecified atom stereocenters. The minimum atomic E-state index is -0.273. The molecule has 2 fully saturated rings. The highest BCUT2D eigenvalue weighted by molar-refractivity contribution is 5.85. The van der Waals surface area contributed by atoms with Crippen molar-refractivity contribution in [2.24, 2.45) is 5.41 Å². The van der Waals surface area contributed by atoms with E-state index in [2.05, 4.69) is 41.1 Å². The molecular weight excluding hydrogens is 338 g/mol. The maximum atomic E-state index is 13.4. The first-order valence-electron chi connectivity index (χ1n) is 9.75. The van der Waals surface area contributed by atoms with Crippen LogP contribution in [0.3, 0.4) is 0 Å². The maximum absolute atomic E-state index is 13.4. The molecule has 0 saturated carbocycles. The number of hydrogen-bond acceptors (Lipinski definition) is 4. The summed E-state index contributed by atoms with van der Waals surface area (Å²) < 4.78 is 0. The number of hydrogen-bond donors (Lipinski definition) is 1. The topological polar surface area (TPSA) is 56.7 Å². The van der Waals surface area contributed by atoms with Gasteiger partial charge in [0.1, 0.15) is 0 Å². The molecule has 1 N–H and O–H groups in total. The minimum absolute atomic E-state index is 0.0595. The maximum Gasteiger partial charge on any atom is 0.230 e. The van der Waals surface area contributed by atoms with Crippen LogP contribution in [0.2, 0.25) is 0 Å². The van der Waals surface area contributed by atoms with Crippen LogP contribution in [0.15, 0.2) is 42.6 Å². The molecule has 1 spiro atoms. The van der Waals surface area contributed by atoms with E-state index in [1.807, 2.05) is 17.0 Å². The highest BCUT2D eigenvalue weighted by Crippen LogP contribution is 2.42. The van der Waals surface area contributed by atoms with Crippen LogP contribution in [0.5, 0.6) is 0 Å². The van der Waals surface area contributed by atoms with Crippen LogP contribution < -0.4 is 4.90 Å². The van der Waals surface area contributed by atoms with E-state index in [-0.39, 0.29) is 12.0 Å². The number of carbonyl (C=O) groups is 1. The van der Waals surface area contributed by atoms with Crippen LogP contribution in [0.4, 0.5) is 5.69 Å². The van der Waals surface area contributed by atoms with Gasteiger partial charge >= 0.3 is 0 Å². The number of aliphatic hydroxyl groups is 1. The molecule has 2 aliphatic rings. The molecule has 2 aliphatic heterocycles. The lowest BCUT2D eigenvalue weighted by Crippen LogP contribution is -2.49. The fourth-order valence-electron chi connectivity index (χ4n) is 4.55. The zero-order chi connectivity index (χ0) is 18.9. The number of anilines is 1. The van der Waals surface area contributed by atoms with Gasteiger partial charge in [0.25, 0.3) is 0 Å². The average Bonchev–Trinajstić information content (AvgIpc) is 3.11. The van der Waals surface area contributed by atoms with Crippen molar-refractivity contribution in [3.05, 3.63) is 59.4 Å². The lowest BCUT2D eigenvalue weighted by Gasteiger charge is -2.39. The predicted molar refractivity (Wildman–Crippen MR) is 105 cm³/mol. The van der Waals surface area contributed by atoms with E-state index in [9.17, 15) is 9.90 Å². The van der Waals surface area contributed by atoms with Gasteiger partial charge < -0.3 is 14.9 Å². The highest BCUT2D eigenvalue weighted by atomic mass is 16.3. The molecule has 2 saturated heterocycles. The van der Waals surface area contributed by atoms with Gasteiger partial charge in [0.05, 0.1) is 17.7 Å². The number of amides is 1. The Morgan fingerprint density at radius 3 is 2.89 bits per heavy atom. The Hall–Kier alpha value is -2.40. The molecule has 5 heteroatoms. The van der Waals surface area contributed by atoms with Gasteiger partial charge in [-0.25, -0.2) is 0 Å². The summed E-state index contributed by atoms with van der Waals surface area (Å²) in [6.45, 7) is 5.21. The summed E-state index contributed by atoms with van der Waals surface area (Å²) >= 11 is 0. The fourth-order valence-corrected chi connectivity index (χ4v) is 4.55. The largest absolute Gasteiger partial charge is 0.390 e. The van der Waals surface area contributed by atoms with Crippen molar-refractivity contribution in [1.82, 2.24) is 9.88 Å². The van der Waals surface area contributed by atoms with E-state index < -0.39 is 0 Å². The number of pyridine rings is 1. The number of carbonyl (C=O) groups excluding carboxylic acids is 1. The number of benzene rings is 1. The van der Waals surface area contributed by atoms with E-state index in [0.717, 1.165) is 44.6 Å². The number of aliphatic hydroxyl groups excluding tert-OH is 1.